The molecule has 0 heterocycles. The molecule has 0 saturated heterocycles. The second kappa shape index (κ2) is 4.34. The van der Waals surface area contributed by atoms with Gasteiger partial charge in [-0.05, 0) is 0 Å². The first-order chi connectivity index (χ1) is 4.22. The molecule has 0 aromatic heterocycles. The van der Waals surface area contributed by atoms with Crippen LogP contribution in [0.5, 0.6) is 0 Å². The van der Waals surface area contributed by atoms with Gasteiger partial charge in [-0.25, -0.2) is 0 Å². The van der Waals surface area contributed by atoms with E-state index in [0.29, 0.717) is 6.61 Å². The first-order valence-electron chi connectivity index (χ1n) is 2.58. The molecule has 0 aliphatic rings. The van der Waals surface area contributed by atoms with E-state index in [9.17, 15) is 4.79 Å². The Hall–Kier alpha value is -0.553. The van der Waals surface area contributed by atoms with Crippen molar-refractivity contribution < 1.29 is 14.3 Å². The standard InChI is InChI=1S/C4H5N2O2.Li/c1-2-8-4(7)3-6-5;/h2H2,1H3;. The summed E-state index contributed by atoms with van der Waals surface area (Å²) in [5.74, 6) is -0.583. The van der Waals surface area contributed by atoms with Crippen LogP contribution in [0.1, 0.15) is 6.92 Å². The van der Waals surface area contributed by atoms with Gasteiger partial charge in [-0.3, -0.25) is 0 Å². The molecule has 0 fully saturated rings. The van der Waals surface area contributed by atoms with Crippen molar-refractivity contribution in [3.05, 3.63) is 5.53 Å². The van der Waals surface area contributed by atoms with Gasteiger partial charge in [0.15, 0.2) is 0 Å². The maximum absolute atomic E-state index is 10.5. The molecule has 9 heavy (non-hydrogen) atoms. The summed E-state index contributed by atoms with van der Waals surface area (Å²) in [7, 11) is 0. The number of rotatable bonds is 2. The molecule has 5 heteroatoms. The molecule has 0 aliphatic carbocycles. The Morgan fingerprint density at radius 2 is 2.44 bits per heavy atom. The van der Waals surface area contributed by atoms with E-state index >= 15 is 0 Å². The summed E-state index contributed by atoms with van der Waals surface area (Å²) >= 11 is 1.37. The van der Waals surface area contributed by atoms with Crippen molar-refractivity contribution in [3.63, 3.8) is 0 Å². The number of hydrogen-bond donors (Lipinski definition) is 0. The van der Waals surface area contributed by atoms with Crippen molar-refractivity contribution in [3.8, 4) is 0 Å². The minimum atomic E-state index is -0.583. The van der Waals surface area contributed by atoms with Gasteiger partial charge < -0.3 is 0 Å². The fraction of sp³-hybridized carbons (Fsp3) is 0.500. The van der Waals surface area contributed by atoms with E-state index in [-0.39, 0.29) is 4.38 Å². The predicted octanol–water partition coefficient (Wildman–Crippen LogP) is -0.654. The van der Waals surface area contributed by atoms with Crippen molar-refractivity contribution in [2.75, 3.05) is 6.61 Å². The van der Waals surface area contributed by atoms with E-state index in [1.165, 1.54) is 17.7 Å². The number of carbonyl (C=O) groups excluding carboxylic acids is 1. The summed E-state index contributed by atoms with van der Waals surface area (Å²) in [6.45, 7) is 1.98. The predicted molar refractivity (Wildman–Crippen MR) is 31.0 cm³/mol. The molecule has 0 saturated carbocycles. The average molecular weight is 120 g/mol. The zero-order valence-corrected chi connectivity index (χ0v) is 5.42. The van der Waals surface area contributed by atoms with Crippen LogP contribution in [0.2, 0.25) is 0 Å². The Morgan fingerprint density at radius 3 is 2.78 bits per heavy atom. The summed E-state index contributed by atoms with van der Waals surface area (Å²) in [6, 6.07) is 0. The van der Waals surface area contributed by atoms with E-state index < -0.39 is 5.97 Å². The molecule has 0 unspecified atom stereocenters. The normalized spacial score (nSPS) is 7.89. The molecule has 0 N–H and O–H groups in total. The van der Waals surface area contributed by atoms with Gasteiger partial charge in [0.1, 0.15) is 0 Å². The second-order valence-corrected chi connectivity index (χ2v) is 1.41. The Bertz CT molecular complexity index is 162. The Kier molecular flexibility index (Phi) is 4.07. The first-order valence-corrected chi connectivity index (χ1v) is 2.58. The molecule has 0 amide bonds. The van der Waals surface area contributed by atoms with Crippen LogP contribution in [-0.4, -0.2) is 39.5 Å². The van der Waals surface area contributed by atoms with Crippen molar-refractivity contribution in [1.82, 2.24) is 0 Å². The third-order valence-electron chi connectivity index (χ3n) is 0.721. The summed E-state index contributed by atoms with van der Waals surface area (Å²) in [6.07, 6.45) is 0. The number of nitrogens with zero attached hydrogens (tertiary/aromatic N) is 2. The van der Waals surface area contributed by atoms with E-state index in [1.807, 2.05) is 0 Å². The molecule has 0 bridgehead atoms. The fourth-order valence-corrected chi connectivity index (χ4v) is 0.276. The number of esters is 1. The monoisotopic (exact) mass is 120 g/mol. The molecular weight excluding hydrogens is 115 g/mol. The van der Waals surface area contributed by atoms with Crippen LogP contribution in [0.4, 0.5) is 0 Å². The van der Waals surface area contributed by atoms with Crippen molar-refractivity contribution in [2.45, 2.75) is 6.92 Å². The Labute approximate surface area is 62.0 Å². The third-order valence-corrected chi connectivity index (χ3v) is 0.721. The second-order valence-electron chi connectivity index (χ2n) is 1.41. The molecule has 0 atom stereocenters. The van der Waals surface area contributed by atoms with E-state index in [0.717, 1.165) is 0 Å². The van der Waals surface area contributed by atoms with Crippen LogP contribution in [0.15, 0.2) is 0 Å². The third kappa shape index (κ3) is 3.10. The maximum atomic E-state index is 10.5. The van der Waals surface area contributed by atoms with Crippen LogP contribution in [-0.2, 0) is 9.53 Å². The van der Waals surface area contributed by atoms with Gasteiger partial charge >= 0.3 is 61.5 Å². The van der Waals surface area contributed by atoms with Gasteiger partial charge in [-0.2, -0.15) is 0 Å². The van der Waals surface area contributed by atoms with Gasteiger partial charge in [0.05, 0.1) is 0 Å². The summed E-state index contributed by atoms with van der Waals surface area (Å²) in [5.41, 5.74) is 8.02. The molecular formula is C4H5LiN2O2. The van der Waals surface area contributed by atoms with Gasteiger partial charge in [0, 0.05) is 0 Å². The summed E-state index contributed by atoms with van der Waals surface area (Å²) in [5, 5.41) is 0. The van der Waals surface area contributed by atoms with Crippen molar-refractivity contribution in [2.24, 2.45) is 0 Å². The molecule has 0 rings (SSSR count). The van der Waals surface area contributed by atoms with Gasteiger partial charge in [-0.15, -0.1) is 0 Å². The first kappa shape index (κ1) is 8.45. The summed E-state index contributed by atoms with van der Waals surface area (Å²) in [4.78, 5) is 13.1. The number of hydrogen-bond acceptors (Lipinski definition) is 2. The van der Waals surface area contributed by atoms with Crippen molar-refractivity contribution in [1.29, 1.82) is 0 Å². The van der Waals surface area contributed by atoms with E-state index in [2.05, 4.69) is 9.53 Å². The number of carbonyl (C=O) groups is 1. The van der Waals surface area contributed by atoms with Gasteiger partial charge in [0.2, 0.25) is 0 Å². The van der Waals surface area contributed by atoms with Crippen LogP contribution in [0.3, 0.4) is 0 Å². The molecule has 4 nitrogen and oxygen atoms in total. The molecule has 0 aliphatic heterocycles. The molecule has 0 radical (unpaired) electrons. The Balaban J connectivity index is 3.89. The Morgan fingerprint density at radius 1 is 1.89 bits per heavy atom. The van der Waals surface area contributed by atoms with Crippen LogP contribution < -0.4 is 0 Å². The summed E-state index contributed by atoms with van der Waals surface area (Å²) < 4.78 is 4.43. The minimum absolute atomic E-state index is 0.0307. The van der Waals surface area contributed by atoms with E-state index in [4.69, 9.17) is 5.53 Å². The van der Waals surface area contributed by atoms with Crippen LogP contribution >= 0.6 is 0 Å². The van der Waals surface area contributed by atoms with Crippen LogP contribution in [0.25, 0.3) is 5.53 Å². The van der Waals surface area contributed by atoms with Gasteiger partial charge in [0.25, 0.3) is 0 Å². The fourth-order valence-electron chi connectivity index (χ4n) is 0.276. The average Bonchev–Trinajstić information content (AvgIpc) is 1.87. The number of ether oxygens (including phenoxy) is 1. The molecule has 0 aromatic carbocycles. The molecule has 0 aromatic rings. The van der Waals surface area contributed by atoms with Gasteiger partial charge in [-0.1, -0.05) is 0 Å². The topological polar surface area (TPSA) is 62.7 Å². The van der Waals surface area contributed by atoms with E-state index in [1.54, 1.807) is 6.92 Å². The molecule has 0 spiro atoms. The van der Waals surface area contributed by atoms with Crippen LogP contribution in [0, 0.1) is 0 Å². The van der Waals surface area contributed by atoms with Crippen molar-refractivity contribution >= 4 is 28.1 Å². The molecule has 44 valence electrons. The quantitative estimate of drug-likeness (QED) is 0.160. The SMILES string of the molecule is [Li][C](=[N+]=[N-])C(=O)OCC. The zero-order valence-electron chi connectivity index (χ0n) is 5.42. The zero-order chi connectivity index (χ0) is 7.28.